The average molecular weight is 298 g/mol. The van der Waals surface area contributed by atoms with Gasteiger partial charge in [-0.25, -0.2) is 0 Å². The highest BCUT2D eigenvalue weighted by molar-refractivity contribution is 6.30. The number of hydrogen-bond acceptors (Lipinski definition) is 3. The van der Waals surface area contributed by atoms with Crippen LogP contribution in [-0.4, -0.2) is 17.4 Å². The Labute approximate surface area is 127 Å². The molecule has 0 radical (unpaired) electrons. The average Bonchev–Trinajstić information content (AvgIpc) is 2.52. The molecule has 2 aromatic carbocycles. The highest BCUT2D eigenvalue weighted by atomic mass is 35.5. The maximum atomic E-state index is 12.3. The Morgan fingerprint density at radius 3 is 2.81 bits per heavy atom. The van der Waals surface area contributed by atoms with Gasteiger partial charge < -0.3 is 4.74 Å². The Kier molecular flexibility index (Phi) is 3.84. The third-order valence-electron chi connectivity index (χ3n) is 3.13. The summed E-state index contributed by atoms with van der Waals surface area (Å²) < 4.78 is 5.49. The van der Waals surface area contributed by atoms with E-state index in [9.17, 15) is 4.79 Å². The summed E-state index contributed by atoms with van der Waals surface area (Å²) >= 11 is 5.88. The van der Waals surface area contributed by atoms with Gasteiger partial charge in [0.2, 0.25) is 5.78 Å². The summed E-state index contributed by atoms with van der Waals surface area (Å²) in [4.78, 5) is 16.4. The van der Waals surface area contributed by atoms with E-state index in [2.05, 4.69) is 4.98 Å². The number of ketones is 1. The van der Waals surface area contributed by atoms with E-state index >= 15 is 0 Å². The number of rotatable bonds is 4. The third kappa shape index (κ3) is 3.03. The lowest BCUT2D eigenvalue weighted by molar-refractivity contribution is 0.0923. The number of carbonyl (C=O) groups is 1. The highest BCUT2D eigenvalue weighted by Gasteiger charge is 2.11. The van der Waals surface area contributed by atoms with Crippen LogP contribution in [-0.2, 0) is 0 Å². The molecule has 3 rings (SSSR count). The summed E-state index contributed by atoms with van der Waals surface area (Å²) in [5.74, 6) is 0.461. The van der Waals surface area contributed by atoms with Crippen molar-refractivity contribution < 1.29 is 9.53 Å². The molecule has 3 nitrogen and oxygen atoms in total. The Morgan fingerprint density at radius 1 is 1.10 bits per heavy atom. The second-order valence-corrected chi connectivity index (χ2v) is 5.01. The predicted molar refractivity (Wildman–Crippen MR) is 83.0 cm³/mol. The first-order valence-electron chi connectivity index (χ1n) is 6.48. The fourth-order valence-electron chi connectivity index (χ4n) is 2.12. The molecule has 0 N–H and O–H groups in total. The van der Waals surface area contributed by atoms with Gasteiger partial charge in [0.15, 0.2) is 6.61 Å². The molecular formula is C17H12ClNO2. The molecule has 1 heterocycles. The smallest absolute Gasteiger partial charge is 0.202 e. The number of fused-ring (bicyclic) bond motifs is 1. The molecule has 21 heavy (non-hydrogen) atoms. The summed E-state index contributed by atoms with van der Waals surface area (Å²) in [6.45, 7) is -0.0456. The fraction of sp³-hybridized carbons (Fsp3) is 0.0588. The molecule has 0 bridgehead atoms. The summed E-state index contributed by atoms with van der Waals surface area (Å²) in [6, 6.07) is 14.6. The monoisotopic (exact) mass is 297 g/mol. The van der Waals surface area contributed by atoms with Gasteiger partial charge in [0, 0.05) is 28.4 Å². The summed E-state index contributed by atoms with van der Waals surface area (Å²) in [7, 11) is 0. The van der Waals surface area contributed by atoms with Crippen LogP contribution in [0.1, 0.15) is 10.4 Å². The Bertz CT molecular complexity index is 796. The zero-order chi connectivity index (χ0) is 14.7. The fourth-order valence-corrected chi connectivity index (χ4v) is 2.30. The van der Waals surface area contributed by atoms with Crippen LogP contribution in [0.5, 0.6) is 5.75 Å². The number of aromatic nitrogens is 1. The molecule has 0 spiro atoms. The topological polar surface area (TPSA) is 39.2 Å². The molecule has 0 aliphatic rings. The van der Waals surface area contributed by atoms with Crippen LogP contribution in [0.15, 0.2) is 60.9 Å². The van der Waals surface area contributed by atoms with Crippen molar-refractivity contribution in [1.29, 1.82) is 0 Å². The van der Waals surface area contributed by atoms with Crippen molar-refractivity contribution in [1.82, 2.24) is 4.98 Å². The van der Waals surface area contributed by atoms with Gasteiger partial charge in [-0.05, 0) is 23.6 Å². The maximum absolute atomic E-state index is 12.3. The van der Waals surface area contributed by atoms with Gasteiger partial charge in [0.1, 0.15) is 5.75 Å². The van der Waals surface area contributed by atoms with E-state index in [0.717, 1.165) is 10.8 Å². The Balaban J connectivity index is 1.81. The van der Waals surface area contributed by atoms with Crippen LogP contribution in [0.3, 0.4) is 0 Å². The minimum Gasteiger partial charge on any atom is -0.485 e. The second kappa shape index (κ2) is 5.94. The van der Waals surface area contributed by atoms with Gasteiger partial charge in [0.05, 0.1) is 0 Å². The zero-order valence-electron chi connectivity index (χ0n) is 11.1. The molecule has 4 heteroatoms. The molecule has 0 unspecified atom stereocenters. The van der Waals surface area contributed by atoms with E-state index in [0.29, 0.717) is 16.3 Å². The molecule has 104 valence electrons. The second-order valence-electron chi connectivity index (χ2n) is 4.58. The number of pyridine rings is 1. The lowest BCUT2D eigenvalue weighted by atomic mass is 10.1. The number of benzene rings is 2. The first-order valence-corrected chi connectivity index (χ1v) is 6.86. The summed E-state index contributed by atoms with van der Waals surface area (Å²) in [6.07, 6.45) is 3.32. The quantitative estimate of drug-likeness (QED) is 0.679. The first-order chi connectivity index (χ1) is 10.2. The summed E-state index contributed by atoms with van der Waals surface area (Å²) in [5, 5.41) is 2.39. The molecule has 0 saturated carbocycles. The van der Waals surface area contributed by atoms with Crippen LogP contribution < -0.4 is 4.74 Å². The number of Topliss-reactive ketones (excluding diaryl/α,β-unsaturated/α-hetero) is 1. The Morgan fingerprint density at radius 2 is 1.95 bits per heavy atom. The van der Waals surface area contributed by atoms with E-state index in [4.69, 9.17) is 16.3 Å². The number of halogens is 1. The SMILES string of the molecule is O=C(COc1cccc(Cl)c1)c1cncc2ccccc12. The molecule has 1 aromatic heterocycles. The Hall–Kier alpha value is -2.39. The normalized spacial score (nSPS) is 10.5. The van der Waals surface area contributed by atoms with Crippen molar-refractivity contribution in [3.8, 4) is 5.75 Å². The van der Waals surface area contributed by atoms with Crippen LogP contribution in [0.25, 0.3) is 10.8 Å². The van der Waals surface area contributed by atoms with Crippen molar-refractivity contribution in [2.75, 3.05) is 6.61 Å². The standard InChI is InChI=1S/C17H12ClNO2/c18-13-5-3-6-14(8-13)21-11-17(20)16-10-19-9-12-4-1-2-7-15(12)16/h1-10H,11H2. The third-order valence-corrected chi connectivity index (χ3v) is 3.37. The van der Waals surface area contributed by atoms with E-state index in [1.165, 1.54) is 0 Å². The highest BCUT2D eigenvalue weighted by Crippen LogP contribution is 2.20. The minimum atomic E-state index is -0.112. The van der Waals surface area contributed by atoms with Crippen LogP contribution in [0.4, 0.5) is 0 Å². The van der Waals surface area contributed by atoms with Gasteiger partial charge in [-0.2, -0.15) is 0 Å². The molecule has 3 aromatic rings. The van der Waals surface area contributed by atoms with Gasteiger partial charge in [-0.3, -0.25) is 9.78 Å². The zero-order valence-corrected chi connectivity index (χ0v) is 11.9. The molecule has 0 aliphatic carbocycles. The molecule has 0 amide bonds. The van der Waals surface area contributed by atoms with Gasteiger partial charge in [-0.15, -0.1) is 0 Å². The van der Waals surface area contributed by atoms with Crippen molar-refractivity contribution in [3.63, 3.8) is 0 Å². The number of nitrogens with zero attached hydrogens (tertiary/aromatic N) is 1. The lowest BCUT2D eigenvalue weighted by Crippen LogP contribution is -2.12. The van der Waals surface area contributed by atoms with Crippen molar-refractivity contribution >= 4 is 28.2 Å². The molecular weight excluding hydrogens is 286 g/mol. The van der Waals surface area contributed by atoms with Crippen molar-refractivity contribution in [2.24, 2.45) is 0 Å². The van der Waals surface area contributed by atoms with Crippen LogP contribution in [0.2, 0.25) is 5.02 Å². The van der Waals surface area contributed by atoms with E-state index in [-0.39, 0.29) is 12.4 Å². The minimum absolute atomic E-state index is 0.0456. The van der Waals surface area contributed by atoms with Gasteiger partial charge >= 0.3 is 0 Å². The van der Waals surface area contributed by atoms with Crippen LogP contribution >= 0.6 is 11.6 Å². The van der Waals surface area contributed by atoms with Crippen molar-refractivity contribution in [2.45, 2.75) is 0 Å². The predicted octanol–water partition coefficient (Wildman–Crippen LogP) is 4.15. The lowest BCUT2D eigenvalue weighted by Gasteiger charge is -2.07. The van der Waals surface area contributed by atoms with Gasteiger partial charge in [0.25, 0.3) is 0 Å². The molecule has 0 atom stereocenters. The van der Waals surface area contributed by atoms with Crippen molar-refractivity contribution in [3.05, 3.63) is 71.5 Å². The molecule has 0 aliphatic heterocycles. The van der Waals surface area contributed by atoms with Crippen LogP contribution in [0, 0.1) is 0 Å². The first kappa shape index (κ1) is 13.6. The number of ether oxygens (including phenoxy) is 1. The van der Waals surface area contributed by atoms with E-state index < -0.39 is 0 Å². The molecule has 0 saturated heterocycles. The summed E-state index contributed by atoms with van der Waals surface area (Å²) in [5.41, 5.74) is 0.565. The van der Waals surface area contributed by atoms with E-state index in [1.807, 2.05) is 24.3 Å². The van der Waals surface area contributed by atoms with E-state index in [1.54, 1.807) is 36.7 Å². The molecule has 0 fully saturated rings. The number of hydrogen-bond donors (Lipinski definition) is 0. The van der Waals surface area contributed by atoms with Gasteiger partial charge in [-0.1, -0.05) is 41.9 Å². The maximum Gasteiger partial charge on any atom is 0.202 e. The largest absolute Gasteiger partial charge is 0.485 e. The number of carbonyl (C=O) groups excluding carboxylic acids is 1.